The standard InChI is InChI=1S/C20H21NO3/c1-3-24-20(23)10-15-11-21-19-9-14(5-7-18(15)19)17-6-4-13(2)8-16(17)12-22/h4-9,11,21-22H,3,10,12H2,1-2H3. The minimum Gasteiger partial charge on any atom is -0.466 e. The fraction of sp³-hybridized carbons (Fsp3) is 0.250. The van der Waals surface area contributed by atoms with Crippen molar-refractivity contribution in [2.45, 2.75) is 26.9 Å². The van der Waals surface area contributed by atoms with Crippen molar-refractivity contribution >= 4 is 16.9 Å². The maximum absolute atomic E-state index is 11.7. The van der Waals surface area contributed by atoms with E-state index in [2.05, 4.69) is 4.98 Å². The molecule has 0 spiro atoms. The monoisotopic (exact) mass is 323 g/mol. The van der Waals surface area contributed by atoms with Crippen LogP contribution in [-0.4, -0.2) is 22.7 Å². The third kappa shape index (κ3) is 3.19. The topological polar surface area (TPSA) is 62.3 Å². The van der Waals surface area contributed by atoms with Crippen molar-refractivity contribution in [1.29, 1.82) is 0 Å². The largest absolute Gasteiger partial charge is 0.466 e. The van der Waals surface area contributed by atoms with Gasteiger partial charge in [-0.1, -0.05) is 35.9 Å². The number of hydrogen-bond acceptors (Lipinski definition) is 3. The van der Waals surface area contributed by atoms with E-state index in [-0.39, 0.29) is 19.0 Å². The van der Waals surface area contributed by atoms with Crippen molar-refractivity contribution in [2.75, 3.05) is 6.61 Å². The molecule has 0 bridgehead atoms. The Morgan fingerprint density at radius 2 is 2.00 bits per heavy atom. The van der Waals surface area contributed by atoms with Gasteiger partial charge in [0.1, 0.15) is 0 Å². The number of fused-ring (bicyclic) bond motifs is 1. The molecule has 0 unspecified atom stereocenters. The number of aliphatic hydroxyl groups excluding tert-OH is 1. The number of aromatic nitrogens is 1. The van der Waals surface area contributed by atoms with Crippen LogP contribution in [0.2, 0.25) is 0 Å². The molecule has 2 N–H and O–H groups in total. The zero-order valence-corrected chi connectivity index (χ0v) is 13.9. The third-order valence-electron chi connectivity index (χ3n) is 4.15. The van der Waals surface area contributed by atoms with Crippen LogP contribution in [0.3, 0.4) is 0 Å². The summed E-state index contributed by atoms with van der Waals surface area (Å²) >= 11 is 0. The summed E-state index contributed by atoms with van der Waals surface area (Å²) in [5, 5.41) is 10.6. The van der Waals surface area contributed by atoms with Crippen LogP contribution in [0.1, 0.15) is 23.6 Å². The molecule has 0 radical (unpaired) electrons. The highest BCUT2D eigenvalue weighted by molar-refractivity contribution is 5.90. The van der Waals surface area contributed by atoms with Gasteiger partial charge in [0, 0.05) is 17.1 Å². The van der Waals surface area contributed by atoms with Crippen LogP contribution >= 0.6 is 0 Å². The van der Waals surface area contributed by atoms with Gasteiger partial charge in [-0.2, -0.15) is 0 Å². The Balaban J connectivity index is 1.97. The van der Waals surface area contributed by atoms with E-state index in [1.165, 1.54) is 0 Å². The third-order valence-corrected chi connectivity index (χ3v) is 4.15. The van der Waals surface area contributed by atoms with E-state index in [4.69, 9.17) is 4.74 Å². The zero-order valence-electron chi connectivity index (χ0n) is 13.9. The van der Waals surface area contributed by atoms with E-state index < -0.39 is 0 Å². The van der Waals surface area contributed by atoms with E-state index in [0.29, 0.717) is 6.61 Å². The Bertz CT molecular complexity index is 880. The lowest BCUT2D eigenvalue weighted by atomic mass is 9.97. The highest BCUT2D eigenvalue weighted by Gasteiger charge is 2.11. The van der Waals surface area contributed by atoms with Crippen molar-refractivity contribution in [2.24, 2.45) is 0 Å². The molecule has 0 aliphatic carbocycles. The summed E-state index contributed by atoms with van der Waals surface area (Å²) in [6, 6.07) is 12.2. The molecule has 0 saturated carbocycles. The predicted molar refractivity (Wildman–Crippen MR) is 94.7 cm³/mol. The number of nitrogens with one attached hydrogen (secondary N) is 1. The molecule has 0 amide bonds. The second-order valence-corrected chi connectivity index (χ2v) is 5.87. The van der Waals surface area contributed by atoms with Gasteiger partial charge in [0.2, 0.25) is 0 Å². The number of aliphatic hydroxyl groups is 1. The summed E-state index contributed by atoms with van der Waals surface area (Å²) in [4.78, 5) is 14.9. The molecule has 4 heteroatoms. The lowest BCUT2D eigenvalue weighted by Crippen LogP contribution is -2.06. The van der Waals surface area contributed by atoms with Gasteiger partial charge in [0.05, 0.1) is 19.6 Å². The Morgan fingerprint density at radius 3 is 2.75 bits per heavy atom. The molecule has 124 valence electrons. The Labute approximate surface area is 141 Å². The molecule has 1 heterocycles. The predicted octanol–water partition coefficient (Wildman–Crippen LogP) is 3.74. The average Bonchev–Trinajstić information content (AvgIpc) is 2.97. The van der Waals surface area contributed by atoms with E-state index >= 15 is 0 Å². The van der Waals surface area contributed by atoms with Crippen molar-refractivity contribution < 1.29 is 14.6 Å². The molecule has 3 aromatic rings. The molecule has 0 fully saturated rings. The number of carbonyl (C=O) groups is 1. The number of esters is 1. The van der Waals surface area contributed by atoms with Gasteiger partial charge in [-0.15, -0.1) is 0 Å². The molecule has 0 aliphatic heterocycles. The van der Waals surface area contributed by atoms with Crippen molar-refractivity contribution in [3.8, 4) is 11.1 Å². The summed E-state index contributed by atoms with van der Waals surface area (Å²) in [6.07, 6.45) is 2.12. The lowest BCUT2D eigenvalue weighted by Gasteiger charge is -2.09. The first-order valence-corrected chi connectivity index (χ1v) is 8.08. The minimum atomic E-state index is -0.219. The van der Waals surface area contributed by atoms with E-state index in [9.17, 15) is 9.90 Å². The number of aromatic amines is 1. The first kappa shape index (κ1) is 16.3. The van der Waals surface area contributed by atoms with Crippen LogP contribution in [0.25, 0.3) is 22.0 Å². The number of H-pyrrole nitrogens is 1. The molecule has 0 atom stereocenters. The molecule has 3 rings (SSSR count). The minimum absolute atomic E-state index is 0.00782. The number of hydrogen-bond donors (Lipinski definition) is 2. The number of benzene rings is 2. The molecule has 0 aliphatic rings. The van der Waals surface area contributed by atoms with Gasteiger partial charge in [-0.05, 0) is 42.2 Å². The van der Waals surface area contributed by atoms with E-state index in [1.807, 2.05) is 49.5 Å². The summed E-state index contributed by atoms with van der Waals surface area (Å²) < 4.78 is 5.02. The van der Waals surface area contributed by atoms with Crippen molar-refractivity contribution in [1.82, 2.24) is 4.98 Å². The Kier molecular flexibility index (Phi) is 4.67. The van der Waals surface area contributed by atoms with Gasteiger partial charge < -0.3 is 14.8 Å². The summed E-state index contributed by atoms with van der Waals surface area (Å²) in [7, 11) is 0. The maximum Gasteiger partial charge on any atom is 0.310 e. The normalized spacial score (nSPS) is 11.0. The molecule has 24 heavy (non-hydrogen) atoms. The highest BCUT2D eigenvalue weighted by Crippen LogP contribution is 2.29. The fourth-order valence-electron chi connectivity index (χ4n) is 3.00. The molecular formula is C20H21NO3. The summed E-state index contributed by atoms with van der Waals surface area (Å²) in [5.41, 5.74) is 5.99. The molecule has 0 saturated heterocycles. The SMILES string of the molecule is CCOC(=O)Cc1c[nH]c2cc(-c3ccc(C)cc3CO)ccc12. The molecule has 2 aromatic carbocycles. The number of ether oxygens (including phenoxy) is 1. The summed E-state index contributed by atoms with van der Waals surface area (Å²) in [5.74, 6) is -0.219. The number of carbonyl (C=O) groups excluding carboxylic acids is 1. The molecular weight excluding hydrogens is 302 g/mol. The van der Waals surface area contributed by atoms with Gasteiger partial charge in [0.15, 0.2) is 0 Å². The van der Waals surface area contributed by atoms with Gasteiger partial charge >= 0.3 is 5.97 Å². The van der Waals surface area contributed by atoms with Gasteiger partial charge in [0.25, 0.3) is 0 Å². The van der Waals surface area contributed by atoms with Crippen LogP contribution in [0.4, 0.5) is 0 Å². The van der Waals surface area contributed by atoms with Crippen LogP contribution < -0.4 is 0 Å². The zero-order chi connectivity index (χ0) is 17.1. The van der Waals surface area contributed by atoms with Crippen molar-refractivity contribution in [3.05, 3.63) is 59.3 Å². The van der Waals surface area contributed by atoms with Crippen LogP contribution in [0.15, 0.2) is 42.6 Å². The molecule has 1 aromatic heterocycles. The second-order valence-electron chi connectivity index (χ2n) is 5.87. The van der Waals surface area contributed by atoms with E-state index in [1.54, 1.807) is 6.92 Å². The quantitative estimate of drug-likeness (QED) is 0.703. The van der Waals surface area contributed by atoms with Gasteiger partial charge in [-0.25, -0.2) is 0 Å². The van der Waals surface area contributed by atoms with Crippen LogP contribution in [-0.2, 0) is 22.6 Å². The maximum atomic E-state index is 11.7. The van der Waals surface area contributed by atoms with Crippen molar-refractivity contribution in [3.63, 3.8) is 0 Å². The second kappa shape index (κ2) is 6.89. The van der Waals surface area contributed by atoms with Crippen LogP contribution in [0.5, 0.6) is 0 Å². The van der Waals surface area contributed by atoms with E-state index in [0.717, 1.165) is 38.7 Å². The summed E-state index contributed by atoms with van der Waals surface area (Å²) in [6.45, 7) is 4.22. The fourth-order valence-corrected chi connectivity index (χ4v) is 3.00. The first-order valence-electron chi connectivity index (χ1n) is 8.08. The van der Waals surface area contributed by atoms with Gasteiger partial charge in [-0.3, -0.25) is 4.79 Å². The Morgan fingerprint density at radius 1 is 1.17 bits per heavy atom. The number of rotatable bonds is 5. The highest BCUT2D eigenvalue weighted by atomic mass is 16.5. The van der Waals surface area contributed by atoms with Crippen LogP contribution in [0, 0.1) is 6.92 Å². The smallest absolute Gasteiger partial charge is 0.310 e. The Hall–Kier alpha value is -2.59. The number of aryl methyl sites for hydroxylation is 1. The lowest BCUT2D eigenvalue weighted by molar-refractivity contribution is -0.142. The average molecular weight is 323 g/mol. The first-order chi connectivity index (χ1) is 11.6. The molecule has 4 nitrogen and oxygen atoms in total.